The number of aliphatic hydroxyl groups is 1. The van der Waals surface area contributed by atoms with Crippen LogP contribution in [0.15, 0.2) is 22.9 Å². The van der Waals surface area contributed by atoms with Crippen LogP contribution in [0, 0.1) is 5.92 Å². The molecule has 1 aliphatic carbocycles. The first-order chi connectivity index (χ1) is 10.5. The quantitative estimate of drug-likeness (QED) is 0.885. The van der Waals surface area contributed by atoms with Crippen molar-refractivity contribution in [1.82, 2.24) is 20.1 Å². The zero-order valence-corrected chi connectivity index (χ0v) is 12.8. The Kier molecular flexibility index (Phi) is 4.17. The highest BCUT2D eigenvalue weighted by atomic mass is 35.5. The smallest absolute Gasteiger partial charge is 0.287 e. The van der Waals surface area contributed by atoms with Crippen molar-refractivity contribution in [2.75, 3.05) is 6.54 Å². The Labute approximate surface area is 132 Å². The number of aryl methyl sites for hydroxylation is 1. The molecule has 3 rings (SSSR count). The molecule has 0 radical (unpaired) electrons. The first-order valence-electron chi connectivity index (χ1n) is 7.10. The molecule has 1 fully saturated rings. The van der Waals surface area contributed by atoms with E-state index in [0.717, 1.165) is 12.2 Å². The summed E-state index contributed by atoms with van der Waals surface area (Å²) in [5.41, 5.74) is 0. The van der Waals surface area contributed by atoms with Crippen LogP contribution in [0.5, 0.6) is 0 Å². The van der Waals surface area contributed by atoms with Gasteiger partial charge in [0.25, 0.3) is 5.91 Å². The lowest BCUT2D eigenvalue weighted by atomic mass is 10.0. The number of furan rings is 1. The zero-order chi connectivity index (χ0) is 15.7. The van der Waals surface area contributed by atoms with E-state index in [-0.39, 0.29) is 28.7 Å². The first kappa shape index (κ1) is 15.1. The summed E-state index contributed by atoms with van der Waals surface area (Å²) in [6.45, 7) is 0.382. The fraction of sp³-hybridized carbons (Fsp3) is 0.500. The molecule has 118 valence electrons. The van der Waals surface area contributed by atoms with E-state index in [4.69, 9.17) is 16.0 Å². The van der Waals surface area contributed by atoms with Crippen LogP contribution >= 0.6 is 11.6 Å². The van der Waals surface area contributed by atoms with E-state index in [1.165, 1.54) is 12.1 Å². The lowest BCUT2D eigenvalue weighted by Gasteiger charge is -2.14. The predicted octanol–water partition coefficient (Wildman–Crippen LogP) is 1.35. The number of carbonyl (C=O) groups is 1. The molecular formula is C14H17ClN4O3. The Morgan fingerprint density at radius 2 is 2.36 bits per heavy atom. The minimum Gasteiger partial charge on any atom is -0.440 e. The van der Waals surface area contributed by atoms with Crippen molar-refractivity contribution in [3.63, 3.8) is 0 Å². The molecule has 0 aliphatic heterocycles. The number of hydrogen-bond acceptors (Lipinski definition) is 5. The molecule has 8 heteroatoms. The Hall–Kier alpha value is -1.86. The van der Waals surface area contributed by atoms with E-state index in [1.54, 1.807) is 6.33 Å². The third-order valence-corrected chi connectivity index (χ3v) is 4.29. The van der Waals surface area contributed by atoms with Gasteiger partial charge in [0.15, 0.2) is 11.0 Å². The third-order valence-electron chi connectivity index (χ3n) is 4.09. The van der Waals surface area contributed by atoms with Gasteiger partial charge in [-0.25, -0.2) is 0 Å². The van der Waals surface area contributed by atoms with Gasteiger partial charge in [0, 0.05) is 25.4 Å². The molecule has 1 amide bonds. The van der Waals surface area contributed by atoms with Crippen LogP contribution in [0.2, 0.25) is 5.22 Å². The summed E-state index contributed by atoms with van der Waals surface area (Å²) in [4.78, 5) is 11.9. The van der Waals surface area contributed by atoms with Crippen LogP contribution in [-0.2, 0) is 7.05 Å². The van der Waals surface area contributed by atoms with Crippen LogP contribution in [0.25, 0.3) is 0 Å². The number of amides is 1. The molecule has 3 atom stereocenters. The molecule has 2 aromatic rings. The van der Waals surface area contributed by atoms with Crippen molar-refractivity contribution in [2.45, 2.75) is 24.9 Å². The molecule has 1 saturated carbocycles. The number of nitrogens with zero attached hydrogens (tertiary/aromatic N) is 3. The normalized spacial score (nSPS) is 24.6. The Morgan fingerprint density at radius 1 is 1.55 bits per heavy atom. The van der Waals surface area contributed by atoms with Gasteiger partial charge in [-0.2, -0.15) is 0 Å². The largest absolute Gasteiger partial charge is 0.440 e. The van der Waals surface area contributed by atoms with Crippen LogP contribution in [-0.4, -0.2) is 38.4 Å². The van der Waals surface area contributed by atoms with E-state index in [2.05, 4.69) is 15.5 Å². The standard InChI is InChI=1S/C14H17ClN4O3/c1-19-7-17-18-13(19)8-4-9(10(20)5-8)6-16-14(21)11-2-3-12(15)22-11/h2-3,7-10,20H,4-6H2,1H3,(H,16,21)/t8-,9+,10+/m0/s1. The highest BCUT2D eigenvalue weighted by molar-refractivity contribution is 6.29. The molecule has 22 heavy (non-hydrogen) atoms. The summed E-state index contributed by atoms with van der Waals surface area (Å²) < 4.78 is 6.92. The fourth-order valence-electron chi connectivity index (χ4n) is 2.94. The van der Waals surface area contributed by atoms with Crippen molar-refractivity contribution in [3.05, 3.63) is 35.3 Å². The van der Waals surface area contributed by atoms with Crippen LogP contribution in [0.4, 0.5) is 0 Å². The first-order valence-corrected chi connectivity index (χ1v) is 7.48. The summed E-state index contributed by atoms with van der Waals surface area (Å²) in [5.74, 6) is 0.841. The Bertz CT molecular complexity index is 669. The number of rotatable bonds is 4. The van der Waals surface area contributed by atoms with Gasteiger partial charge in [-0.15, -0.1) is 10.2 Å². The molecule has 2 heterocycles. The highest BCUT2D eigenvalue weighted by Crippen LogP contribution is 2.37. The number of carbonyl (C=O) groups excluding carboxylic acids is 1. The van der Waals surface area contributed by atoms with Gasteiger partial charge < -0.3 is 19.4 Å². The van der Waals surface area contributed by atoms with Gasteiger partial charge in [0.1, 0.15) is 12.2 Å². The molecule has 1 aliphatic rings. The van der Waals surface area contributed by atoms with Gasteiger partial charge in [-0.05, 0) is 36.6 Å². The second-order valence-corrected chi connectivity index (χ2v) is 5.98. The maximum atomic E-state index is 11.9. The minimum absolute atomic E-state index is 0.0175. The van der Waals surface area contributed by atoms with Crippen LogP contribution < -0.4 is 5.32 Å². The molecular weight excluding hydrogens is 308 g/mol. The molecule has 0 bridgehead atoms. The van der Waals surface area contributed by atoms with Gasteiger partial charge in [-0.3, -0.25) is 4.79 Å². The van der Waals surface area contributed by atoms with E-state index < -0.39 is 6.10 Å². The lowest BCUT2D eigenvalue weighted by Crippen LogP contribution is -2.32. The molecule has 0 aromatic carbocycles. The van der Waals surface area contributed by atoms with Crippen molar-refractivity contribution in [1.29, 1.82) is 0 Å². The maximum absolute atomic E-state index is 11.9. The Morgan fingerprint density at radius 3 is 3.00 bits per heavy atom. The van der Waals surface area contributed by atoms with Gasteiger partial charge in [-0.1, -0.05) is 0 Å². The number of aliphatic hydroxyl groups excluding tert-OH is 1. The molecule has 0 unspecified atom stereocenters. The number of nitrogens with one attached hydrogen (secondary N) is 1. The second kappa shape index (κ2) is 6.10. The number of aromatic nitrogens is 3. The summed E-state index contributed by atoms with van der Waals surface area (Å²) >= 11 is 5.64. The predicted molar refractivity (Wildman–Crippen MR) is 78.5 cm³/mol. The third kappa shape index (κ3) is 3.00. The van der Waals surface area contributed by atoms with E-state index in [9.17, 15) is 9.90 Å². The zero-order valence-electron chi connectivity index (χ0n) is 12.1. The van der Waals surface area contributed by atoms with Crippen molar-refractivity contribution in [2.24, 2.45) is 13.0 Å². The van der Waals surface area contributed by atoms with Crippen molar-refractivity contribution in [3.8, 4) is 0 Å². The molecule has 0 spiro atoms. The summed E-state index contributed by atoms with van der Waals surface area (Å²) in [6.07, 6.45) is 2.56. The number of halogens is 1. The monoisotopic (exact) mass is 324 g/mol. The lowest BCUT2D eigenvalue weighted by molar-refractivity contribution is 0.0890. The van der Waals surface area contributed by atoms with E-state index in [0.29, 0.717) is 13.0 Å². The SMILES string of the molecule is Cn1cnnc1[C@H]1C[C@H](CNC(=O)c2ccc(Cl)o2)[C@H](O)C1. The molecule has 7 nitrogen and oxygen atoms in total. The highest BCUT2D eigenvalue weighted by Gasteiger charge is 2.36. The van der Waals surface area contributed by atoms with Gasteiger partial charge in [0.2, 0.25) is 0 Å². The van der Waals surface area contributed by atoms with Gasteiger partial charge in [0.05, 0.1) is 6.10 Å². The maximum Gasteiger partial charge on any atom is 0.287 e. The average Bonchev–Trinajstić information content (AvgIpc) is 3.17. The molecule has 0 saturated heterocycles. The second-order valence-electron chi connectivity index (χ2n) is 5.61. The Balaban J connectivity index is 1.57. The summed E-state index contributed by atoms with van der Waals surface area (Å²) in [7, 11) is 1.89. The number of hydrogen-bond donors (Lipinski definition) is 2. The molecule has 2 aromatic heterocycles. The topological polar surface area (TPSA) is 93.2 Å². The van der Waals surface area contributed by atoms with Crippen molar-refractivity contribution < 1.29 is 14.3 Å². The van der Waals surface area contributed by atoms with E-state index >= 15 is 0 Å². The fourth-order valence-corrected chi connectivity index (χ4v) is 3.09. The summed E-state index contributed by atoms with van der Waals surface area (Å²) in [5, 5.41) is 21.1. The average molecular weight is 325 g/mol. The summed E-state index contributed by atoms with van der Waals surface area (Å²) in [6, 6.07) is 3.04. The van der Waals surface area contributed by atoms with Crippen LogP contribution in [0.3, 0.4) is 0 Å². The minimum atomic E-state index is -0.470. The van der Waals surface area contributed by atoms with Gasteiger partial charge >= 0.3 is 0 Å². The molecule has 2 N–H and O–H groups in total. The van der Waals surface area contributed by atoms with Crippen molar-refractivity contribution >= 4 is 17.5 Å². The van der Waals surface area contributed by atoms with Crippen LogP contribution in [0.1, 0.15) is 35.1 Å². The van der Waals surface area contributed by atoms with E-state index in [1.807, 2.05) is 11.6 Å².